The molecule has 0 saturated heterocycles. The first-order valence-electron chi connectivity index (χ1n) is 13.9. The van der Waals surface area contributed by atoms with Crippen LogP contribution in [0, 0.1) is 0 Å². The van der Waals surface area contributed by atoms with Crippen molar-refractivity contribution in [2.45, 2.75) is 56.2 Å². The molecule has 0 fully saturated rings. The molecular weight excluding hydrogens is 576 g/mol. The lowest BCUT2D eigenvalue weighted by Gasteiger charge is -2.18. The lowest BCUT2D eigenvalue weighted by molar-refractivity contribution is -0.122. The Morgan fingerprint density at radius 1 is 0.977 bits per heavy atom. The third kappa shape index (κ3) is 6.41. The predicted octanol–water partition coefficient (Wildman–Crippen LogP) is 3.73. The minimum absolute atomic E-state index is 0.0660. The summed E-state index contributed by atoms with van der Waals surface area (Å²) in [5.41, 5.74) is 1.05. The van der Waals surface area contributed by atoms with Crippen LogP contribution in [0.1, 0.15) is 37.5 Å². The van der Waals surface area contributed by atoms with E-state index >= 15 is 0 Å². The lowest BCUT2D eigenvalue weighted by atomic mass is 10.2. The number of ether oxygens (including phenoxy) is 4. The van der Waals surface area contributed by atoms with Crippen LogP contribution in [0.4, 0.5) is 0 Å². The van der Waals surface area contributed by atoms with Crippen molar-refractivity contribution in [3.63, 3.8) is 0 Å². The van der Waals surface area contributed by atoms with Crippen molar-refractivity contribution in [1.29, 1.82) is 0 Å². The average Bonchev–Trinajstić information content (AvgIpc) is 3.80. The smallest absolute Gasteiger partial charge is 0.262 e. The lowest BCUT2D eigenvalue weighted by Crippen LogP contribution is -2.33. The Kier molecular flexibility index (Phi) is 8.40. The minimum atomic E-state index is -0.510. The second-order valence-electron chi connectivity index (χ2n) is 9.95. The van der Waals surface area contributed by atoms with Gasteiger partial charge in [-0.3, -0.25) is 19.0 Å². The molecule has 2 aliphatic heterocycles. The van der Waals surface area contributed by atoms with Crippen molar-refractivity contribution in [1.82, 2.24) is 20.2 Å². The number of benzene rings is 2. The molecule has 0 bridgehead atoms. The Balaban J connectivity index is 1.16. The Morgan fingerprint density at radius 2 is 1.74 bits per heavy atom. The van der Waals surface area contributed by atoms with E-state index in [1.165, 1.54) is 16.3 Å². The number of carbonyl (C=O) groups excluding carboxylic acids is 2. The predicted molar refractivity (Wildman–Crippen MR) is 156 cm³/mol. The van der Waals surface area contributed by atoms with E-state index in [2.05, 4.69) is 10.6 Å². The van der Waals surface area contributed by atoms with Crippen molar-refractivity contribution in [3.8, 4) is 23.0 Å². The molecular formula is C30H30N4O8S. The van der Waals surface area contributed by atoms with Crippen molar-refractivity contribution < 1.29 is 33.0 Å². The van der Waals surface area contributed by atoms with E-state index in [-0.39, 0.29) is 50.5 Å². The maximum Gasteiger partial charge on any atom is 0.262 e. The summed E-state index contributed by atoms with van der Waals surface area (Å²) in [5, 5.41) is 6.05. The van der Waals surface area contributed by atoms with E-state index < -0.39 is 5.25 Å². The molecule has 0 aliphatic carbocycles. The number of carbonyl (C=O) groups is 2. The Bertz CT molecular complexity index is 1700. The van der Waals surface area contributed by atoms with Crippen LogP contribution < -0.4 is 35.1 Å². The van der Waals surface area contributed by atoms with Crippen molar-refractivity contribution in [3.05, 3.63) is 70.4 Å². The fourth-order valence-electron chi connectivity index (χ4n) is 4.77. The van der Waals surface area contributed by atoms with Crippen molar-refractivity contribution >= 4 is 34.5 Å². The fraction of sp³-hybridized carbons (Fsp3) is 0.333. The van der Waals surface area contributed by atoms with Crippen molar-refractivity contribution in [2.75, 3.05) is 13.6 Å². The highest BCUT2D eigenvalue weighted by Gasteiger charge is 2.24. The molecule has 1 unspecified atom stereocenters. The second-order valence-corrected chi connectivity index (χ2v) is 11.1. The molecule has 4 heterocycles. The topological polar surface area (TPSA) is 143 Å². The van der Waals surface area contributed by atoms with Gasteiger partial charge in [0.05, 0.1) is 29.0 Å². The normalized spacial score (nSPS) is 13.7. The highest BCUT2D eigenvalue weighted by molar-refractivity contribution is 8.00. The molecule has 2 aromatic heterocycles. The molecule has 224 valence electrons. The first kappa shape index (κ1) is 28.5. The summed E-state index contributed by atoms with van der Waals surface area (Å²) in [6.45, 7) is 2.98. The van der Waals surface area contributed by atoms with E-state index in [0.29, 0.717) is 64.2 Å². The number of nitrogens with zero attached hydrogens (tertiary/aromatic N) is 2. The van der Waals surface area contributed by atoms with Gasteiger partial charge < -0.3 is 34.0 Å². The minimum Gasteiger partial charge on any atom is -0.467 e. The molecule has 0 radical (unpaired) electrons. The summed E-state index contributed by atoms with van der Waals surface area (Å²) in [6, 6.07) is 12.4. The zero-order chi connectivity index (χ0) is 29.8. The number of furan rings is 1. The Labute approximate surface area is 250 Å². The third-order valence-electron chi connectivity index (χ3n) is 7.05. The molecule has 0 saturated carbocycles. The molecule has 4 aromatic rings. The van der Waals surface area contributed by atoms with Gasteiger partial charge in [-0.2, -0.15) is 0 Å². The number of aromatic nitrogens is 2. The summed E-state index contributed by atoms with van der Waals surface area (Å²) in [5.74, 6) is 2.62. The number of hydrogen-bond acceptors (Lipinski definition) is 10. The maximum atomic E-state index is 13.7. The van der Waals surface area contributed by atoms with Crippen LogP contribution in [0.15, 0.2) is 63.1 Å². The van der Waals surface area contributed by atoms with Gasteiger partial charge in [0.2, 0.25) is 25.4 Å². The van der Waals surface area contributed by atoms with Gasteiger partial charge in [-0.15, -0.1) is 0 Å². The van der Waals surface area contributed by atoms with Crippen LogP contribution in [0.2, 0.25) is 0 Å². The zero-order valence-corrected chi connectivity index (χ0v) is 24.2. The zero-order valence-electron chi connectivity index (χ0n) is 23.4. The van der Waals surface area contributed by atoms with Crippen molar-refractivity contribution in [2.24, 2.45) is 0 Å². The van der Waals surface area contributed by atoms with Gasteiger partial charge in [0.15, 0.2) is 28.2 Å². The summed E-state index contributed by atoms with van der Waals surface area (Å²) in [4.78, 5) is 44.2. The Hall–Kier alpha value is -4.65. The van der Waals surface area contributed by atoms with E-state index in [1.54, 1.807) is 30.5 Å². The van der Waals surface area contributed by atoms with Gasteiger partial charge in [-0.25, -0.2) is 4.98 Å². The molecule has 0 spiro atoms. The highest BCUT2D eigenvalue weighted by atomic mass is 32.2. The molecule has 2 aromatic carbocycles. The van der Waals surface area contributed by atoms with Gasteiger partial charge >= 0.3 is 0 Å². The molecule has 2 N–H and O–H groups in total. The first-order chi connectivity index (χ1) is 21.0. The van der Waals surface area contributed by atoms with Gasteiger partial charge in [0.1, 0.15) is 5.76 Å². The average molecular weight is 607 g/mol. The van der Waals surface area contributed by atoms with Gasteiger partial charge in [-0.05, 0) is 48.7 Å². The number of fused-ring (bicyclic) bond motifs is 3. The Morgan fingerprint density at radius 3 is 2.51 bits per heavy atom. The van der Waals surface area contributed by atoms with Gasteiger partial charge in [0.25, 0.3) is 5.56 Å². The van der Waals surface area contributed by atoms with Crippen LogP contribution >= 0.6 is 11.8 Å². The quantitative estimate of drug-likeness (QED) is 0.181. The monoisotopic (exact) mass is 606 g/mol. The van der Waals surface area contributed by atoms with E-state index in [0.717, 1.165) is 5.56 Å². The molecule has 6 rings (SSSR count). The van der Waals surface area contributed by atoms with Crippen LogP contribution in [0.25, 0.3) is 10.9 Å². The van der Waals surface area contributed by atoms with Crippen LogP contribution in [0.3, 0.4) is 0 Å². The summed E-state index contributed by atoms with van der Waals surface area (Å²) in [7, 11) is 0. The van der Waals surface area contributed by atoms with E-state index in [4.69, 9.17) is 28.3 Å². The summed E-state index contributed by atoms with van der Waals surface area (Å²) < 4.78 is 28.5. The van der Waals surface area contributed by atoms with Crippen LogP contribution in [-0.2, 0) is 29.2 Å². The fourth-order valence-corrected chi connectivity index (χ4v) is 5.83. The van der Waals surface area contributed by atoms with E-state index in [9.17, 15) is 14.4 Å². The van der Waals surface area contributed by atoms with Gasteiger partial charge in [0, 0.05) is 25.6 Å². The molecule has 13 heteroatoms. The third-order valence-corrected chi connectivity index (χ3v) is 8.41. The maximum absolute atomic E-state index is 13.7. The second kappa shape index (κ2) is 12.7. The van der Waals surface area contributed by atoms with Crippen LogP contribution in [0.5, 0.6) is 23.0 Å². The number of hydrogen-bond donors (Lipinski definition) is 2. The standard InChI is InChI=1S/C30H30N4O8S/c1-2-26(28(36)32-15-19-5-4-10-38-19)43-30-33-21-13-25-24(41-17-42-25)12-20(21)29(37)34(30)9-3-6-27(35)31-14-18-7-8-22-23(11-18)40-16-39-22/h4-5,7-8,10-13,26H,2-3,6,9,14-17H2,1H3,(H,31,35)(H,32,36). The first-order valence-corrected chi connectivity index (χ1v) is 14.8. The van der Waals surface area contributed by atoms with Crippen LogP contribution in [-0.4, -0.2) is 40.2 Å². The number of thioether (sulfide) groups is 1. The largest absolute Gasteiger partial charge is 0.467 e. The van der Waals surface area contributed by atoms with E-state index in [1.807, 2.05) is 25.1 Å². The summed E-state index contributed by atoms with van der Waals surface area (Å²) >= 11 is 1.21. The molecule has 2 aliphatic rings. The SMILES string of the molecule is CCC(Sc1nc2cc3c(cc2c(=O)n1CCCC(=O)NCc1ccc2c(c1)OCO2)OCO3)C(=O)NCc1ccco1. The molecule has 1 atom stereocenters. The molecule has 43 heavy (non-hydrogen) atoms. The van der Waals surface area contributed by atoms with Gasteiger partial charge in [-0.1, -0.05) is 24.8 Å². The number of nitrogens with one attached hydrogen (secondary N) is 2. The highest BCUT2D eigenvalue weighted by Crippen LogP contribution is 2.36. The molecule has 2 amide bonds. The molecule has 12 nitrogen and oxygen atoms in total. The number of rotatable bonds is 12. The summed E-state index contributed by atoms with van der Waals surface area (Å²) in [6.07, 6.45) is 2.64. The number of amides is 2.